The topological polar surface area (TPSA) is 63.2 Å². The van der Waals surface area contributed by atoms with Gasteiger partial charge in [0, 0.05) is 18.9 Å². The van der Waals surface area contributed by atoms with Gasteiger partial charge < -0.3 is 23.7 Å². The van der Waals surface area contributed by atoms with E-state index in [4.69, 9.17) is 23.7 Å². The van der Waals surface area contributed by atoms with E-state index in [1.165, 1.54) is 0 Å². The molecule has 3 aliphatic heterocycles. The predicted octanol–water partition coefficient (Wildman–Crippen LogP) is 6.91. The van der Waals surface area contributed by atoms with E-state index < -0.39 is 12.0 Å². The summed E-state index contributed by atoms with van der Waals surface area (Å²) in [4.78, 5) is 14.0. The van der Waals surface area contributed by atoms with Gasteiger partial charge in [-0.15, -0.1) is 0 Å². The number of ether oxygens (including phenoxy) is 5. The standard InChI is InChI=1S/C32H34O6/c1-21-8-10-23(11-9-21)32-30(22-12-14-24(15-13-22)36-28-6-2-4-18-34-28)31(33)26-17-16-25(20-27(26)38-32)37-29-7-3-5-19-35-29/h8-17,20,28-30,32H,2-7,18-19H2,1H3. The van der Waals surface area contributed by atoms with Crippen LogP contribution in [0.2, 0.25) is 0 Å². The van der Waals surface area contributed by atoms with Crippen LogP contribution >= 0.6 is 0 Å². The predicted molar refractivity (Wildman–Crippen MR) is 143 cm³/mol. The first kappa shape index (κ1) is 25.0. The van der Waals surface area contributed by atoms with Crippen molar-refractivity contribution in [1.29, 1.82) is 0 Å². The average molecular weight is 515 g/mol. The molecule has 6 rings (SSSR count). The molecule has 0 spiro atoms. The van der Waals surface area contributed by atoms with Gasteiger partial charge in [-0.3, -0.25) is 4.79 Å². The fraction of sp³-hybridized carbons (Fsp3) is 0.406. The van der Waals surface area contributed by atoms with Gasteiger partial charge in [-0.05, 0) is 68.0 Å². The maximum Gasteiger partial charge on any atom is 0.199 e. The highest BCUT2D eigenvalue weighted by Crippen LogP contribution is 2.45. The van der Waals surface area contributed by atoms with Gasteiger partial charge in [0.1, 0.15) is 23.4 Å². The molecule has 198 valence electrons. The number of aryl methyl sites for hydroxylation is 1. The van der Waals surface area contributed by atoms with Gasteiger partial charge in [-0.2, -0.15) is 0 Å². The van der Waals surface area contributed by atoms with Gasteiger partial charge in [0.15, 0.2) is 18.4 Å². The van der Waals surface area contributed by atoms with Gasteiger partial charge in [0.2, 0.25) is 0 Å². The van der Waals surface area contributed by atoms with Crippen molar-refractivity contribution in [3.8, 4) is 17.2 Å². The lowest BCUT2D eigenvalue weighted by molar-refractivity contribution is -0.106. The van der Waals surface area contributed by atoms with Crippen LogP contribution in [0.1, 0.15) is 77.6 Å². The Bertz CT molecular complexity index is 1240. The quantitative estimate of drug-likeness (QED) is 0.356. The molecule has 0 amide bonds. The fourth-order valence-corrected chi connectivity index (χ4v) is 5.40. The Kier molecular flexibility index (Phi) is 7.34. The highest BCUT2D eigenvalue weighted by Gasteiger charge is 2.39. The molecular weight excluding hydrogens is 480 g/mol. The summed E-state index contributed by atoms with van der Waals surface area (Å²) < 4.78 is 30.1. The molecule has 2 saturated heterocycles. The number of Topliss-reactive ketones (excluding diaryl/α,β-unsaturated/α-hetero) is 1. The molecule has 3 heterocycles. The third kappa shape index (κ3) is 5.42. The van der Waals surface area contributed by atoms with E-state index in [9.17, 15) is 4.79 Å². The second kappa shape index (κ2) is 11.2. The minimum absolute atomic E-state index is 0.0292. The Morgan fingerprint density at radius 2 is 1.32 bits per heavy atom. The molecule has 2 fully saturated rings. The zero-order chi connectivity index (χ0) is 25.9. The largest absolute Gasteiger partial charge is 0.484 e. The zero-order valence-electron chi connectivity index (χ0n) is 21.8. The van der Waals surface area contributed by atoms with Crippen molar-refractivity contribution in [3.63, 3.8) is 0 Å². The van der Waals surface area contributed by atoms with Gasteiger partial charge >= 0.3 is 0 Å². The second-order valence-corrected chi connectivity index (χ2v) is 10.3. The number of rotatable bonds is 6. The van der Waals surface area contributed by atoms with Gasteiger partial charge in [0.05, 0.1) is 24.7 Å². The molecular formula is C32H34O6. The molecule has 0 radical (unpaired) electrons. The van der Waals surface area contributed by atoms with Gasteiger partial charge in [-0.1, -0.05) is 42.0 Å². The van der Waals surface area contributed by atoms with Crippen molar-refractivity contribution in [1.82, 2.24) is 0 Å². The minimum Gasteiger partial charge on any atom is -0.484 e. The Hall–Kier alpha value is -3.35. The highest BCUT2D eigenvalue weighted by atomic mass is 16.7. The maximum atomic E-state index is 14.0. The minimum atomic E-state index is -0.487. The number of fused-ring (bicyclic) bond motifs is 1. The SMILES string of the molecule is Cc1ccc(C2Oc3cc(OC4CCCCO4)ccc3C(=O)C2c2ccc(OC3CCCCO3)cc2)cc1. The van der Waals surface area contributed by atoms with E-state index in [1.54, 1.807) is 0 Å². The third-order valence-electron chi connectivity index (χ3n) is 7.51. The molecule has 3 aromatic carbocycles. The van der Waals surface area contributed by atoms with E-state index in [-0.39, 0.29) is 18.4 Å². The molecule has 3 aromatic rings. The van der Waals surface area contributed by atoms with Crippen molar-refractivity contribution in [3.05, 3.63) is 89.0 Å². The summed E-state index contributed by atoms with van der Waals surface area (Å²) in [5.74, 6) is 1.47. The molecule has 0 N–H and O–H groups in total. The summed E-state index contributed by atoms with van der Waals surface area (Å²) in [6, 6.07) is 21.4. The molecule has 4 atom stereocenters. The second-order valence-electron chi connectivity index (χ2n) is 10.3. The Balaban J connectivity index is 1.29. The summed E-state index contributed by atoms with van der Waals surface area (Å²) in [5.41, 5.74) is 3.56. The van der Waals surface area contributed by atoms with Crippen LogP contribution in [0.15, 0.2) is 66.7 Å². The summed E-state index contributed by atoms with van der Waals surface area (Å²) in [7, 11) is 0. The van der Waals surface area contributed by atoms with Crippen molar-refractivity contribution in [2.24, 2.45) is 0 Å². The van der Waals surface area contributed by atoms with Crippen LogP contribution in [-0.4, -0.2) is 31.6 Å². The van der Waals surface area contributed by atoms with Crippen LogP contribution in [-0.2, 0) is 9.47 Å². The number of hydrogen-bond acceptors (Lipinski definition) is 6. The number of ketones is 1. The van der Waals surface area contributed by atoms with E-state index in [2.05, 4.69) is 19.1 Å². The number of carbonyl (C=O) groups excluding carboxylic acids is 1. The molecule has 0 saturated carbocycles. The normalized spacial score (nSPS) is 25.2. The summed E-state index contributed by atoms with van der Waals surface area (Å²) in [6.45, 7) is 3.49. The van der Waals surface area contributed by atoms with Crippen LogP contribution < -0.4 is 14.2 Å². The average Bonchev–Trinajstić information content (AvgIpc) is 2.95. The maximum absolute atomic E-state index is 14.0. The van der Waals surface area contributed by atoms with E-state index >= 15 is 0 Å². The lowest BCUT2D eigenvalue weighted by Gasteiger charge is -2.34. The van der Waals surface area contributed by atoms with Crippen LogP contribution in [0.25, 0.3) is 0 Å². The van der Waals surface area contributed by atoms with Gasteiger partial charge in [-0.25, -0.2) is 0 Å². The molecule has 4 unspecified atom stereocenters. The molecule has 0 aliphatic carbocycles. The van der Waals surface area contributed by atoms with Crippen LogP contribution in [0.3, 0.4) is 0 Å². The molecule has 3 aliphatic rings. The smallest absolute Gasteiger partial charge is 0.199 e. The lowest BCUT2D eigenvalue weighted by atomic mass is 9.81. The van der Waals surface area contributed by atoms with Crippen LogP contribution in [0, 0.1) is 6.92 Å². The van der Waals surface area contributed by atoms with Crippen LogP contribution in [0.4, 0.5) is 0 Å². The first-order valence-electron chi connectivity index (χ1n) is 13.7. The Morgan fingerprint density at radius 1 is 0.711 bits per heavy atom. The van der Waals surface area contributed by atoms with E-state index in [1.807, 2.05) is 54.6 Å². The zero-order valence-corrected chi connectivity index (χ0v) is 21.8. The van der Waals surface area contributed by atoms with Crippen LogP contribution in [0.5, 0.6) is 17.2 Å². The van der Waals surface area contributed by atoms with Gasteiger partial charge in [0.25, 0.3) is 0 Å². The number of carbonyl (C=O) groups is 1. The summed E-state index contributed by atoms with van der Waals surface area (Å²) >= 11 is 0. The molecule has 0 aromatic heterocycles. The Morgan fingerprint density at radius 3 is 1.95 bits per heavy atom. The monoisotopic (exact) mass is 514 g/mol. The van der Waals surface area contributed by atoms with E-state index in [0.717, 1.165) is 67.6 Å². The van der Waals surface area contributed by atoms with Crippen molar-refractivity contribution < 1.29 is 28.5 Å². The summed E-state index contributed by atoms with van der Waals surface area (Å²) in [6.07, 6.45) is 5.13. The van der Waals surface area contributed by atoms with Crippen molar-refractivity contribution >= 4 is 5.78 Å². The lowest BCUT2D eigenvalue weighted by Crippen LogP contribution is -2.30. The van der Waals surface area contributed by atoms with E-state index in [0.29, 0.717) is 23.7 Å². The fourth-order valence-electron chi connectivity index (χ4n) is 5.40. The molecule has 0 bridgehead atoms. The first-order valence-corrected chi connectivity index (χ1v) is 13.7. The molecule has 38 heavy (non-hydrogen) atoms. The van der Waals surface area contributed by atoms with Crippen molar-refractivity contribution in [2.45, 2.75) is 70.1 Å². The molecule has 6 heteroatoms. The first-order chi connectivity index (χ1) is 18.6. The highest BCUT2D eigenvalue weighted by molar-refractivity contribution is 6.04. The third-order valence-corrected chi connectivity index (χ3v) is 7.51. The number of hydrogen-bond donors (Lipinski definition) is 0. The van der Waals surface area contributed by atoms with Crippen molar-refractivity contribution in [2.75, 3.05) is 13.2 Å². The Labute approximate surface area is 223 Å². The molecule has 6 nitrogen and oxygen atoms in total. The summed E-state index contributed by atoms with van der Waals surface area (Å²) in [5, 5.41) is 0. The number of benzene rings is 3.